The van der Waals surface area contributed by atoms with Gasteiger partial charge in [0.2, 0.25) is 5.89 Å². The van der Waals surface area contributed by atoms with Gasteiger partial charge in [-0.05, 0) is 29.8 Å². The molecule has 3 rings (SSSR count). The van der Waals surface area contributed by atoms with Crippen LogP contribution in [0.3, 0.4) is 0 Å². The van der Waals surface area contributed by atoms with Crippen LogP contribution in [0.1, 0.15) is 11.3 Å². The van der Waals surface area contributed by atoms with Crippen LogP contribution in [-0.4, -0.2) is 22.5 Å². The van der Waals surface area contributed by atoms with E-state index in [9.17, 15) is 4.79 Å². The van der Waals surface area contributed by atoms with Crippen molar-refractivity contribution in [2.45, 2.75) is 13.0 Å². The highest BCUT2D eigenvalue weighted by Crippen LogP contribution is 2.17. The van der Waals surface area contributed by atoms with E-state index in [4.69, 9.17) is 4.42 Å². The number of pyridine rings is 1. The third kappa shape index (κ3) is 4.42. The largest absolute Gasteiger partial charge is 0.444 e. The van der Waals surface area contributed by atoms with Gasteiger partial charge in [-0.15, -0.1) is 0 Å². The lowest BCUT2D eigenvalue weighted by Gasteiger charge is -2.06. The summed E-state index contributed by atoms with van der Waals surface area (Å²) in [6.45, 7) is 0.958. The summed E-state index contributed by atoms with van der Waals surface area (Å²) in [6.07, 6.45) is 5.63. The van der Waals surface area contributed by atoms with Gasteiger partial charge >= 0.3 is 6.03 Å². The van der Waals surface area contributed by atoms with Crippen LogP contribution in [0.15, 0.2) is 65.5 Å². The smallest absolute Gasteiger partial charge is 0.315 e. The predicted octanol–water partition coefficient (Wildman–Crippen LogP) is 2.78. The van der Waals surface area contributed by atoms with Crippen LogP contribution >= 0.6 is 0 Å². The molecule has 3 aromatic rings. The molecule has 0 radical (unpaired) electrons. The molecular weight excluding hydrogens is 304 g/mol. The third-order valence-corrected chi connectivity index (χ3v) is 3.44. The molecule has 2 amide bonds. The Kier molecular flexibility index (Phi) is 5.19. The Morgan fingerprint density at radius 1 is 1.04 bits per heavy atom. The Balaban J connectivity index is 1.42. The van der Waals surface area contributed by atoms with Gasteiger partial charge in [-0.25, -0.2) is 9.78 Å². The Labute approximate surface area is 140 Å². The minimum atomic E-state index is -0.210. The molecule has 0 fully saturated rings. The molecule has 0 unspecified atom stereocenters. The van der Waals surface area contributed by atoms with E-state index in [1.54, 1.807) is 18.7 Å². The maximum Gasteiger partial charge on any atom is 0.315 e. The molecule has 1 aromatic carbocycles. The molecular formula is C18H18N4O2. The van der Waals surface area contributed by atoms with Gasteiger partial charge in [0.1, 0.15) is 6.26 Å². The third-order valence-electron chi connectivity index (χ3n) is 3.44. The fourth-order valence-electron chi connectivity index (χ4n) is 2.18. The normalized spacial score (nSPS) is 10.3. The predicted molar refractivity (Wildman–Crippen MR) is 90.1 cm³/mol. The van der Waals surface area contributed by atoms with Crippen molar-refractivity contribution in [3.05, 3.63) is 72.4 Å². The van der Waals surface area contributed by atoms with Gasteiger partial charge in [0.15, 0.2) is 0 Å². The second kappa shape index (κ2) is 7.92. The molecule has 6 nitrogen and oxygen atoms in total. The van der Waals surface area contributed by atoms with Gasteiger partial charge in [-0.1, -0.05) is 18.2 Å². The molecule has 122 valence electrons. The molecule has 0 aliphatic carbocycles. The van der Waals surface area contributed by atoms with Crippen molar-refractivity contribution in [3.8, 4) is 11.5 Å². The zero-order valence-electron chi connectivity index (χ0n) is 13.1. The molecule has 24 heavy (non-hydrogen) atoms. The number of oxazole rings is 1. The Morgan fingerprint density at radius 2 is 1.83 bits per heavy atom. The van der Waals surface area contributed by atoms with Crippen molar-refractivity contribution >= 4 is 6.03 Å². The number of aromatic nitrogens is 2. The van der Waals surface area contributed by atoms with Crippen molar-refractivity contribution in [2.75, 3.05) is 6.54 Å². The Bertz CT molecular complexity index is 772. The summed E-state index contributed by atoms with van der Waals surface area (Å²) in [7, 11) is 0. The maximum atomic E-state index is 11.8. The molecule has 6 heteroatoms. The van der Waals surface area contributed by atoms with Crippen LogP contribution in [0, 0.1) is 0 Å². The average Bonchev–Trinajstić information content (AvgIpc) is 3.11. The van der Waals surface area contributed by atoms with E-state index in [1.807, 2.05) is 42.5 Å². The molecule has 0 saturated carbocycles. The van der Waals surface area contributed by atoms with Gasteiger partial charge in [0, 0.05) is 37.5 Å². The molecule has 2 heterocycles. The lowest BCUT2D eigenvalue weighted by Crippen LogP contribution is -2.36. The van der Waals surface area contributed by atoms with Crippen molar-refractivity contribution in [2.24, 2.45) is 0 Å². The highest BCUT2D eigenvalue weighted by Gasteiger charge is 2.06. The van der Waals surface area contributed by atoms with E-state index in [-0.39, 0.29) is 6.03 Å². The summed E-state index contributed by atoms with van der Waals surface area (Å²) in [6, 6.07) is 13.2. The van der Waals surface area contributed by atoms with Crippen molar-refractivity contribution < 1.29 is 9.21 Å². The van der Waals surface area contributed by atoms with Gasteiger partial charge in [-0.2, -0.15) is 0 Å². The summed E-state index contributed by atoms with van der Waals surface area (Å²) >= 11 is 0. The first-order valence-corrected chi connectivity index (χ1v) is 7.72. The monoisotopic (exact) mass is 322 g/mol. The van der Waals surface area contributed by atoms with Crippen LogP contribution in [0.25, 0.3) is 11.5 Å². The van der Waals surface area contributed by atoms with Crippen molar-refractivity contribution in [1.29, 1.82) is 0 Å². The molecule has 0 spiro atoms. The second-order valence-corrected chi connectivity index (χ2v) is 5.22. The van der Waals surface area contributed by atoms with E-state index in [1.165, 1.54) is 0 Å². The number of amides is 2. The number of benzene rings is 1. The molecule has 0 bridgehead atoms. The first-order chi connectivity index (χ1) is 11.8. The number of hydrogen-bond donors (Lipinski definition) is 2. The summed E-state index contributed by atoms with van der Waals surface area (Å²) in [5, 5.41) is 5.60. The Morgan fingerprint density at radius 3 is 2.62 bits per heavy atom. The summed E-state index contributed by atoms with van der Waals surface area (Å²) in [5.74, 6) is 0.590. The van der Waals surface area contributed by atoms with Crippen molar-refractivity contribution in [3.63, 3.8) is 0 Å². The van der Waals surface area contributed by atoms with E-state index >= 15 is 0 Å². The molecule has 0 aliphatic heterocycles. The molecule has 0 saturated heterocycles. The first kappa shape index (κ1) is 15.7. The number of nitrogens with one attached hydrogen (secondary N) is 2. The summed E-state index contributed by atoms with van der Waals surface area (Å²) < 4.78 is 5.47. The van der Waals surface area contributed by atoms with Gasteiger partial charge in [-0.3, -0.25) is 4.98 Å². The number of rotatable bonds is 6. The number of urea groups is 1. The quantitative estimate of drug-likeness (QED) is 0.731. The lowest BCUT2D eigenvalue weighted by molar-refractivity contribution is 0.240. The van der Waals surface area contributed by atoms with Gasteiger partial charge in [0.05, 0.1) is 5.69 Å². The van der Waals surface area contributed by atoms with Crippen LogP contribution in [0.5, 0.6) is 0 Å². The topological polar surface area (TPSA) is 80.0 Å². The fraction of sp³-hybridized carbons (Fsp3) is 0.167. The number of hydrogen-bond acceptors (Lipinski definition) is 4. The highest BCUT2D eigenvalue weighted by molar-refractivity contribution is 5.73. The van der Waals surface area contributed by atoms with Crippen LogP contribution < -0.4 is 10.6 Å². The van der Waals surface area contributed by atoms with Crippen molar-refractivity contribution in [1.82, 2.24) is 20.6 Å². The molecule has 0 atom stereocenters. The number of nitrogens with zero attached hydrogens (tertiary/aromatic N) is 2. The standard InChI is InChI=1S/C18H18N4O2/c23-18(21-12-14-6-9-19-10-7-14)20-11-8-16-13-24-17(22-16)15-4-2-1-3-5-15/h1-7,9-10,13H,8,11-12H2,(H2,20,21,23). The summed E-state index contributed by atoms with van der Waals surface area (Å²) in [5.41, 5.74) is 2.75. The van der Waals surface area contributed by atoms with E-state index < -0.39 is 0 Å². The van der Waals surface area contributed by atoms with E-state index in [0.717, 1.165) is 16.8 Å². The minimum Gasteiger partial charge on any atom is -0.444 e. The molecule has 2 aromatic heterocycles. The highest BCUT2D eigenvalue weighted by atomic mass is 16.3. The number of carbonyl (C=O) groups is 1. The fourth-order valence-corrected chi connectivity index (χ4v) is 2.18. The minimum absolute atomic E-state index is 0.210. The maximum absolute atomic E-state index is 11.8. The Hall–Kier alpha value is -3.15. The molecule has 2 N–H and O–H groups in total. The molecule has 0 aliphatic rings. The van der Waals surface area contributed by atoms with E-state index in [2.05, 4.69) is 20.6 Å². The van der Waals surface area contributed by atoms with Crippen LogP contribution in [-0.2, 0) is 13.0 Å². The SMILES string of the molecule is O=C(NCCc1coc(-c2ccccc2)n1)NCc1ccncc1. The van der Waals surface area contributed by atoms with Gasteiger partial charge < -0.3 is 15.1 Å². The summed E-state index contributed by atoms with van der Waals surface area (Å²) in [4.78, 5) is 20.1. The number of carbonyl (C=O) groups excluding carboxylic acids is 1. The zero-order valence-corrected chi connectivity index (χ0v) is 13.1. The second-order valence-electron chi connectivity index (χ2n) is 5.22. The van der Waals surface area contributed by atoms with Crippen LogP contribution in [0.2, 0.25) is 0 Å². The van der Waals surface area contributed by atoms with Crippen LogP contribution in [0.4, 0.5) is 4.79 Å². The first-order valence-electron chi connectivity index (χ1n) is 7.72. The average molecular weight is 322 g/mol. The van der Waals surface area contributed by atoms with Gasteiger partial charge in [0.25, 0.3) is 0 Å². The zero-order chi connectivity index (χ0) is 16.6. The lowest BCUT2D eigenvalue weighted by atomic mass is 10.2. The van der Waals surface area contributed by atoms with E-state index in [0.29, 0.717) is 25.4 Å².